The van der Waals surface area contributed by atoms with Crippen LogP contribution in [0.2, 0.25) is 0 Å². The second-order valence-corrected chi connectivity index (χ2v) is 14.5. The topological polar surface area (TPSA) is 51.6 Å². The molecule has 258 valence electrons. The van der Waals surface area contributed by atoms with Gasteiger partial charge in [0.15, 0.2) is 11.6 Å². The van der Waals surface area contributed by atoms with Crippen LogP contribution >= 0.6 is 11.3 Å². The highest BCUT2D eigenvalue weighted by Crippen LogP contribution is 2.42. The van der Waals surface area contributed by atoms with Crippen molar-refractivity contribution in [3.63, 3.8) is 0 Å². The largest absolute Gasteiger partial charge is 0.228 e. The van der Waals surface area contributed by atoms with Crippen LogP contribution < -0.4 is 0 Å². The lowest BCUT2D eigenvalue weighted by Crippen LogP contribution is -1.96. The van der Waals surface area contributed by atoms with E-state index in [-0.39, 0.29) is 0 Å². The van der Waals surface area contributed by atoms with E-state index in [1.165, 1.54) is 25.7 Å². The third kappa shape index (κ3) is 6.37. The first-order valence-corrected chi connectivity index (χ1v) is 19.1. The van der Waals surface area contributed by atoms with E-state index in [1.54, 1.807) is 11.3 Å². The molecule has 3 heterocycles. The highest BCUT2D eigenvalue weighted by Gasteiger charge is 2.17. The molecule has 4 nitrogen and oxygen atoms in total. The summed E-state index contributed by atoms with van der Waals surface area (Å²) < 4.78 is 2.35. The van der Waals surface area contributed by atoms with Gasteiger partial charge in [-0.3, -0.25) is 0 Å². The van der Waals surface area contributed by atoms with Gasteiger partial charge in [0.2, 0.25) is 0 Å². The first-order chi connectivity index (χ1) is 27.2. The summed E-state index contributed by atoms with van der Waals surface area (Å²) in [6.45, 7) is 0. The summed E-state index contributed by atoms with van der Waals surface area (Å²) in [6.07, 6.45) is 0. The number of hydrogen-bond acceptors (Lipinski definition) is 5. The summed E-state index contributed by atoms with van der Waals surface area (Å²) in [4.78, 5) is 20.5. The summed E-state index contributed by atoms with van der Waals surface area (Å²) in [5, 5.41) is 2.39. The highest BCUT2D eigenvalue weighted by molar-refractivity contribution is 7.26. The Kier molecular flexibility index (Phi) is 8.32. The molecule has 0 amide bonds. The summed E-state index contributed by atoms with van der Waals surface area (Å²) in [5.74, 6) is 1.40. The molecule has 7 aromatic carbocycles. The normalized spacial score (nSPS) is 11.3. The minimum Gasteiger partial charge on any atom is -0.228 e. The summed E-state index contributed by atoms with van der Waals surface area (Å²) in [7, 11) is 0. The molecule has 0 fully saturated rings. The number of aromatic nitrogens is 4. The molecule has 0 spiro atoms. The SMILES string of the molecule is c1ccc(-c2ccc(-c3nc(-c4ccccc4)cc(-c4cccc5c4sc4cc(-c6nc(-c7ccccc7)cc(-c7ccccc7)n6)ccc45)n3)cc2)cc1. The Morgan fingerprint density at radius 1 is 0.291 bits per heavy atom. The van der Waals surface area contributed by atoms with Crippen LogP contribution in [-0.2, 0) is 0 Å². The van der Waals surface area contributed by atoms with Gasteiger partial charge in [0.1, 0.15) is 0 Å². The van der Waals surface area contributed by atoms with Gasteiger partial charge in [0, 0.05) is 53.6 Å². The Hall–Kier alpha value is -7.08. The van der Waals surface area contributed by atoms with Crippen LogP contribution in [0.4, 0.5) is 0 Å². The van der Waals surface area contributed by atoms with E-state index in [2.05, 4.69) is 146 Å². The van der Waals surface area contributed by atoms with Crippen LogP contribution in [0.15, 0.2) is 194 Å². The van der Waals surface area contributed by atoms with Crippen molar-refractivity contribution in [2.24, 2.45) is 0 Å². The van der Waals surface area contributed by atoms with Crippen LogP contribution in [0.25, 0.3) is 99.1 Å². The maximum Gasteiger partial charge on any atom is 0.160 e. The zero-order valence-corrected chi connectivity index (χ0v) is 30.5. The molecule has 0 saturated heterocycles. The fourth-order valence-corrected chi connectivity index (χ4v) is 8.41. The Morgan fingerprint density at radius 2 is 0.727 bits per heavy atom. The molecule has 0 radical (unpaired) electrons. The van der Waals surface area contributed by atoms with E-state index in [1.807, 2.05) is 48.5 Å². The van der Waals surface area contributed by atoms with E-state index in [9.17, 15) is 0 Å². The monoisotopic (exact) mass is 720 g/mol. The average molecular weight is 721 g/mol. The van der Waals surface area contributed by atoms with E-state index < -0.39 is 0 Å². The number of fused-ring (bicyclic) bond motifs is 3. The molecule has 10 aromatic rings. The van der Waals surface area contributed by atoms with Gasteiger partial charge < -0.3 is 0 Å². The molecule has 0 atom stereocenters. The maximum atomic E-state index is 5.24. The molecule has 0 aliphatic carbocycles. The van der Waals surface area contributed by atoms with Crippen LogP contribution in [0.5, 0.6) is 0 Å². The zero-order chi connectivity index (χ0) is 36.6. The van der Waals surface area contributed by atoms with Gasteiger partial charge in [-0.1, -0.05) is 176 Å². The lowest BCUT2D eigenvalue weighted by Gasteiger charge is -2.11. The van der Waals surface area contributed by atoms with Gasteiger partial charge in [-0.25, -0.2) is 19.9 Å². The van der Waals surface area contributed by atoms with E-state index in [4.69, 9.17) is 19.9 Å². The zero-order valence-electron chi connectivity index (χ0n) is 29.7. The van der Waals surface area contributed by atoms with E-state index >= 15 is 0 Å². The number of benzene rings is 7. The molecule has 0 aliphatic rings. The lowest BCUT2D eigenvalue weighted by atomic mass is 10.0. The second-order valence-electron chi connectivity index (χ2n) is 13.5. The molecule has 3 aromatic heterocycles. The highest BCUT2D eigenvalue weighted by atomic mass is 32.1. The predicted octanol–water partition coefficient (Wildman–Crippen LogP) is 13.3. The van der Waals surface area contributed by atoms with Crippen LogP contribution in [0.1, 0.15) is 0 Å². The predicted molar refractivity (Wildman–Crippen MR) is 229 cm³/mol. The van der Waals surface area contributed by atoms with Gasteiger partial charge in [-0.2, -0.15) is 0 Å². The lowest BCUT2D eigenvalue weighted by molar-refractivity contribution is 1.18. The van der Waals surface area contributed by atoms with Crippen molar-refractivity contribution < 1.29 is 0 Å². The van der Waals surface area contributed by atoms with Crippen molar-refractivity contribution in [1.29, 1.82) is 0 Å². The standard InChI is InChI=1S/C50H32N4S/c1-5-14-33(15-6-1)34-24-26-38(27-25-34)49-51-45(37-20-11-4-12-21-37)32-46(54-49)42-23-13-22-41-40-29-28-39(30-47(40)55-48(41)42)50-52-43(35-16-7-2-8-17-35)31-44(53-50)36-18-9-3-10-19-36/h1-32H. The molecule has 10 rings (SSSR count). The van der Waals surface area contributed by atoms with Gasteiger partial charge >= 0.3 is 0 Å². The molecule has 0 unspecified atom stereocenters. The molecule has 0 aliphatic heterocycles. The molecule has 55 heavy (non-hydrogen) atoms. The number of nitrogens with zero attached hydrogens (tertiary/aromatic N) is 4. The summed E-state index contributed by atoms with van der Waals surface area (Å²) in [5.41, 5.74) is 12.1. The van der Waals surface area contributed by atoms with Crippen molar-refractivity contribution in [2.75, 3.05) is 0 Å². The quantitative estimate of drug-likeness (QED) is 0.164. The minimum atomic E-state index is 0.695. The molecular formula is C50H32N4S. The summed E-state index contributed by atoms with van der Waals surface area (Å²) in [6, 6.07) is 67.3. The maximum absolute atomic E-state index is 5.24. The average Bonchev–Trinajstić information content (AvgIpc) is 3.66. The van der Waals surface area contributed by atoms with Crippen LogP contribution in [-0.4, -0.2) is 19.9 Å². The van der Waals surface area contributed by atoms with Gasteiger partial charge in [-0.15, -0.1) is 11.3 Å². The second kappa shape index (κ2) is 14.0. The first kappa shape index (κ1) is 32.6. The smallest absolute Gasteiger partial charge is 0.160 e. The number of rotatable bonds is 7. The van der Waals surface area contributed by atoms with Gasteiger partial charge in [0.25, 0.3) is 0 Å². The molecule has 0 N–H and O–H groups in total. The third-order valence-corrected chi connectivity index (χ3v) is 11.1. The van der Waals surface area contributed by atoms with Crippen LogP contribution in [0.3, 0.4) is 0 Å². The molecular weight excluding hydrogens is 689 g/mol. The Morgan fingerprint density at radius 3 is 1.29 bits per heavy atom. The van der Waals surface area contributed by atoms with Crippen molar-refractivity contribution in [2.45, 2.75) is 0 Å². The first-order valence-electron chi connectivity index (χ1n) is 18.3. The Bertz CT molecular complexity index is 2890. The molecule has 0 saturated carbocycles. The third-order valence-electron chi connectivity index (χ3n) is 9.94. The van der Waals surface area contributed by atoms with Crippen LogP contribution in [0, 0.1) is 0 Å². The van der Waals surface area contributed by atoms with Gasteiger partial charge in [0.05, 0.1) is 22.8 Å². The Balaban J connectivity index is 1.10. The molecule has 5 heteroatoms. The number of hydrogen-bond donors (Lipinski definition) is 0. The van der Waals surface area contributed by atoms with Crippen molar-refractivity contribution in [3.05, 3.63) is 194 Å². The number of thiophene rings is 1. The molecule has 0 bridgehead atoms. The van der Waals surface area contributed by atoms with Crippen molar-refractivity contribution in [3.8, 4) is 78.9 Å². The minimum absolute atomic E-state index is 0.695. The van der Waals surface area contributed by atoms with E-state index in [0.717, 1.165) is 61.7 Å². The van der Waals surface area contributed by atoms with Crippen molar-refractivity contribution >= 4 is 31.5 Å². The van der Waals surface area contributed by atoms with E-state index in [0.29, 0.717) is 11.6 Å². The van der Waals surface area contributed by atoms with Crippen molar-refractivity contribution in [1.82, 2.24) is 19.9 Å². The fourth-order valence-electron chi connectivity index (χ4n) is 7.14. The fraction of sp³-hybridized carbons (Fsp3) is 0. The van der Waals surface area contributed by atoms with Gasteiger partial charge in [-0.05, 0) is 29.3 Å². The summed E-state index contributed by atoms with van der Waals surface area (Å²) >= 11 is 1.78. The Labute approximate surface area is 323 Å².